The summed E-state index contributed by atoms with van der Waals surface area (Å²) < 4.78 is 0. The van der Waals surface area contributed by atoms with Crippen molar-refractivity contribution in [1.82, 2.24) is 5.32 Å². The van der Waals surface area contributed by atoms with Crippen molar-refractivity contribution in [3.63, 3.8) is 0 Å². The Morgan fingerprint density at radius 1 is 1.07 bits per heavy atom. The van der Waals surface area contributed by atoms with Crippen LogP contribution in [0.3, 0.4) is 0 Å². The molecule has 0 rings (SSSR count). The quantitative estimate of drug-likeness (QED) is 0.640. The van der Waals surface area contributed by atoms with Crippen LogP contribution in [0.25, 0.3) is 0 Å². The number of nitrogens with one attached hydrogen (secondary N) is 1. The number of hydrogen-bond donors (Lipinski definition) is 1. The van der Waals surface area contributed by atoms with Gasteiger partial charge < -0.3 is 5.32 Å². The van der Waals surface area contributed by atoms with Crippen LogP contribution in [0.5, 0.6) is 0 Å². The summed E-state index contributed by atoms with van der Waals surface area (Å²) in [7, 11) is -0.858. The first-order valence-corrected chi connectivity index (χ1v) is 9.76. The molecular weight excluding hydrogens is 186 g/mol. The van der Waals surface area contributed by atoms with Gasteiger partial charge in [-0.25, -0.2) is 0 Å². The maximum Gasteiger partial charge on any atom is 0.0445 e. The SMILES string of the molecule is CCC(CNCC(C)C)C[Si](C)(C)C. The first kappa shape index (κ1) is 14.2. The molecule has 0 aliphatic rings. The van der Waals surface area contributed by atoms with Crippen LogP contribution < -0.4 is 5.32 Å². The third-order valence-corrected chi connectivity index (χ3v) is 4.27. The third-order valence-electron chi connectivity index (χ3n) is 2.46. The van der Waals surface area contributed by atoms with Gasteiger partial charge in [-0.15, -0.1) is 0 Å². The molecule has 0 saturated heterocycles. The molecule has 1 N–H and O–H groups in total. The standard InChI is InChI=1S/C12H29NSi/c1-7-12(10-14(4,5)6)9-13-8-11(2)3/h11-13H,7-10H2,1-6H3. The summed E-state index contributed by atoms with van der Waals surface area (Å²) in [6.07, 6.45) is 1.33. The van der Waals surface area contributed by atoms with Gasteiger partial charge in [-0.05, 0) is 24.9 Å². The maximum absolute atomic E-state index is 3.58. The lowest BCUT2D eigenvalue weighted by molar-refractivity contribution is 0.463. The van der Waals surface area contributed by atoms with Crippen LogP contribution >= 0.6 is 0 Å². The zero-order valence-corrected chi connectivity index (χ0v) is 12.0. The summed E-state index contributed by atoms with van der Waals surface area (Å²) >= 11 is 0. The summed E-state index contributed by atoms with van der Waals surface area (Å²) in [6.45, 7) is 16.7. The zero-order chi connectivity index (χ0) is 11.2. The van der Waals surface area contributed by atoms with Crippen molar-refractivity contribution in [3.05, 3.63) is 0 Å². The van der Waals surface area contributed by atoms with Crippen LogP contribution in [0, 0.1) is 11.8 Å². The Labute approximate surface area is 91.7 Å². The predicted octanol–water partition coefficient (Wildman–Crippen LogP) is 3.60. The van der Waals surface area contributed by atoms with E-state index in [1.54, 1.807) is 0 Å². The van der Waals surface area contributed by atoms with Crippen molar-refractivity contribution in [1.29, 1.82) is 0 Å². The van der Waals surface area contributed by atoms with Crippen molar-refractivity contribution in [3.8, 4) is 0 Å². The van der Waals surface area contributed by atoms with Crippen molar-refractivity contribution >= 4 is 8.07 Å². The fraction of sp³-hybridized carbons (Fsp3) is 1.00. The molecule has 0 spiro atoms. The second-order valence-electron chi connectivity index (χ2n) is 6.09. The highest BCUT2D eigenvalue weighted by Gasteiger charge is 2.18. The summed E-state index contributed by atoms with van der Waals surface area (Å²) in [5.41, 5.74) is 0. The smallest absolute Gasteiger partial charge is 0.0445 e. The van der Waals surface area contributed by atoms with Gasteiger partial charge in [-0.2, -0.15) is 0 Å². The maximum atomic E-state index is 3.58. The van der Waals surface area contributed by atoms with Crippen LogP contribution in [0.1, 0.15) is 27.2 Å². The Bertz CT molecular complexity index is 138. The molecule has 0 saturated carbocycles. The van der Waals surface area contributed by atoms with Gasteiger partial charge in [0, 0.05) is 8.07 Å². The first-order valence-electron chi connectivity index (χ1n) is 6.06. The van der Waals surface area contributed by atoms with E-state index in [1.165, 1.54) is 25.6 Å². The molecule has 86 valence electrons. The minimum atomic E-state index is -0.858. The summed E-state index contributed by atoms with van der Waals surface area (Å²) in [6, 6.07) is 1.47. The second-order valence-corrected chi connectivity index (χ2v) is 11.6. The van der Waals surface area contributed by atoms with E-state index in [0.717, 1.165) is 11.8 Å². The van der Waals surface area contributed by atoms with Crippen molar-refractivity contribution in [2.24, 2.45) is 11.8 Å². The molecular formula is C12H29NSi. The Balaban J connectivity index is 3.69. The predicted molar refractivity (Wildman–Crippen MR) is 69.6 cm³/mol. The van der Waals surface area contributed by atoms with Gasteiger partial charge in [-0.1, -0.05) is 52.9 Å². The molecule has 1 atom stereocenters. The van der Waals surface area contributed by atoms with Gasteiger partial charge >= 0.3 is 0 Å². The van der Waals surface area contributed by atoms with Gasteiger partial charge in [0.1, 0.15) is 0 Å². The Kier molecular flexibility index (Phi) is 6.71. The lowest BCUT2D eigenvalue weighted by atomic mass is 10.1. The summed E-state index contributed by atoms with van der Waals surface area (Å²) in [4.78, 5) is 0. The fourth-order valence-electron chi connectivity index (χ4n) is 1.80. The molecule has 0 aromatic carbocycles. The molecule has 0 aliphatic carbocycles. The van der Waals surface area contributed by atoms with Gasteiger partial charge in [0.25, 0.3) is 0 Å². The van der Waals surface area contributed by atoms with E-state index in [4.69, 9.17) is 0 Å². The Hall–Kier alpha value is 0.177. The number of rotatable bonds is 7. The van der Waals surface area contributed by atoms with E-state index in [2.05, 4.69) is 45.7 Å². The van der Waals surface area contributed by atoms with E-state index in [1.807, 2.05) is 0 Å². The van der Waals surface area contributed by atoms with Crippen LogP contribution in [0.4, 0.5) is 0 Å². The molecule has 0 aliphatic heterocycles. The van der Waals surface area contributed by atoms with Crippen LogP contribution in [-0.2, 0) is 0 Å². The van der Waals surface area contributed by atoms with Gasteiger partial charge in [0.15, 0.2) is 0 Å². The highest BCUT2D eigenvalue weighted by molar-refractivity contribution is 6.76. The van der Waals surface area contributed by atoms with E-state index in [-0.39, 0.29) is 0 Å². The number of hydrogen-bond acceptors (Lipinski definition) is 1. The minimum Gasteiger partial charge on any atom is -0.316 e. The molecule has 1 unspecified atom stereocenters. The van der Waals surface area contributed by atoms with Gasteiger partial charge in [0.2, 0.25) is 0 Å². The van der Waals surface area contributed by atoms with Crippen molar-refractivity contribution < 1.29 is 0 Å². The normalized spacial score (nSPS) is 14.8. The molecule has 0 bridgehead atoms. The lowest BCUT2D eigenvalue weighted by Crippen LogP contribution is -2.31. The highest BCUT2D eigenvalue weighted by atomic mass is 28.3. The average Bonchev–Trinajstić information content (AvgIpc) is 1.99. The van der Waals surface area contributed by atoms with Crippen molar-refractivity contribution in [2.45, 2.75) is 52.9 Å². The average molecular weight is 215 g/mol. The molecule has 0 heterocycles. The lowest BCUT2D eigenvalue weighted by Gasteiger charge is -2.24. The molecule has 0 aromatic heterocycles. The molecule has 1 nitrogen and oxygen atoms in total. The van der Waals surface area contributed by atoms with E-state index in [9.17, 15) is 0 Å². The molecule has 14 heavy (non-hydrogen) atoms. The van der Waals surface area contributed by atoms with E-state index >= 15 is 0 Å². The largest absolute Gasteiger partial charge is 0.316 e. The second kappa shape index (κ2) is 6.62. The van der Waals surface area contributed by atoms with Gasteiger partial charge in [-0.3, -0.25) is 0 Å². The van der Waals surface area contributed by atoms with Crippen molar-refractivity contribution in [2.75, 3.05) is 13.1 Å². The third kappa shape index (κ3) is 8.76. The van der Waals surface area contributed by atoms with Gasteiger partial charge in [0.05, 0.1) is 0 Å². The topological polar surface area (TPSA) is 12.0 Å². The first-order chi connectivity index (χ1) is 6.35. The van der Waals surface area contributed by atoms with Crippen LogP contribution in [-0.4, -0.2) is 21.2 Å². The van der Waals surface area contributed by atoms with E-state index in [0.29, 0.717) is 0 Å². The summed E-state index contributed by atoms with van der Waals surface area (Å²) in [5.74, 6) is 1.68. The summed E-state index contributed by atoms with van der Waals surface area (Å²) in [5, 5.41) is 3.58. The fourth-order valence-corrected chi connectivity index (χ4v) is 3.97. The molecule has 2 heteroatoms. The van der Waals surface area contributed by atoms with E-state index < -0.39 is 8.07 Å². The molecule has 0 fully saturated rings. The Morgan fingerprint density at radius 3 is 2.00 bits per heavy atom. The highest BCUT2D eigenvalue weighted by Crippen LogP contribution is 2.18. The minimum absolute atomic E-state index is 0.777. The molecule has 0 aromatic rings. The molecule has 0 amide bonds. The molecule has 0 radical (unpaired) electrons. The van der Waals surface area contributed by atoms with Crippen LogP contribution in [0.2, 0.25) is 25.7 Å². The Morgan fingerprint density at radius 2 is 1.64 bits per heavy atom. The monoisotopic (exact) mass is 215 g/mol. The zero-order valence-electron chi connectivity index (χ0n) is 11.0. The van der Waals surface area contributed by atoms with Crippen LogP contribution in [0.15, 0.2) is 0 Å².